The Balaban J connectivity index is 0.00000109. The first-order valence-electron chi connectivity index (χ1n) is 8.31. The third-order valence-corrected chi connectivity index (χ3v) is 3.85. The van der Waals surface area contributed by atoms with E-state index in [0.717, 1.165) is 16.5 Å². The summed E-state index contributed by atoms with van der Waals surface area (Å²) in [5.41, 5.74) is 1.84. The monoisotopic (exact) mass is 338 g/mol. The van der Waals surface area contributed by atoms with Crippen LogP contribution in [0.4, 0.5) is 0 Å². The fourth-order valence-electron chi connectivity index (χ4n) is 2.88. The smallest absolute Gasteiger partial charge is 0.302 e. The van der Waals surface area contributed by atoms with Crippen molar-refractivity contribution < 1.29 is 0 Å². The maximum absolute atomic E-state index is 12.2. The van der Waals surface area contributed by atoms with Gasteiger partial charge < -0.3 is 4.57 Å². The van der Waals surface area contributed by atoms with Gasteiger partial charge in [0.05, 0.1) is 22.7 Å². The van der Waals surface area contributed by atoms with E-state index in [1.807, 2.05) is 52.8 Å². The minimum Gasteiger partial charge on any atom is -0.302 e. The van der Waals surface area contributed by atoms with Gasteiger partial charge in [0.15, 0.2) is 0 Å². The summed E-state index contributed by atoms with van der Waals surface area (Å²) in [7, 11) is 0. The SMILES string of the molecule is CC.Cc1cc(C#N)c2ccn(-c3[nH]c(=O)[nH]c(=O)c3C(C)C)c2c1. The highest BCUT2D eigenvalue weighted by atomic mass is 16.2. The van der Waals surface area contributed by atoms with Crippen LogP contribution in [-0.2, 0) is 0 Å². The van der Waals surface area contributed by atoms with Gasteiger partial charge in [0.1, 0.15) is 5.82 Å². The van der Waals surface area contributed by atoms with E-state index < -0.39 is 11.2 Å². The van der Waals surface area contributed by atoms with Gasteiger partial charge in [-0.15, -0.1) is 0 Å². The molecular weight excluding hydrogens is 316 g/mol. The predicted octanol–water partition coefficient (Wildman–Crippen LogP) is 3.34. The lowest BCUT2D eigenvalue weighted by atomic mass is 10.1. The van der Waals surface area contributed by atoms with Crippen molar-refractivity contribution in [3.63, 3.8) is 0 Å². The van der Waals surface area contributed by atoms with Crippen LogP contribution < -0.4 is 11.2 Å². The molecule has 2 aromatic heterocycles. The molecule has 0 fully saturated rings. The molecule has 3 aromatic rings. The van der Waals surface area contributed by atoms with Crippen LogP contribution in [0.3, 0.4) is 0 Å². The number of benzene rings is 1. The van der Waals surface area contributed by atoms with Crippen molar-refractivity contribution in [2.24, 2.45) is 0 Å². The fraction of sp³-hybridized carbons (Fsp3) is 0.316. The van der Waals surface area contributed by atoms with Gasteiger partial charge in [-0.25, -0.2) is 4.79 Å². The lowest BCUT2D eigenvalue weighted by molar-refractivity contribution is 0.795. The van der Waals surface area contributed by atoms with Crippen molar-refractivity contribution in [1.82, 2.24) is 14.5 Å². The highest BCUT2D eigenvalue weighted by molar-refractivity contribution is 5.88. The van der Waals surface area contributed by atoms with E-state index in [1.165, 1.54) is 0 Å². The van der Waals surface area contributed by atoms with Gasteiger partial charge in [-0.1, -0.05) is 27.7 Å². The zero-order chi connectivity index (χ0) is 18.7. The maximum atomic E-state index is 12.2. The first-order valence-corrected chi connectivity index (χ1v) is 8.31. The van der Waals surface area contributed by atoms with E-state index in [0.29, 0.717) is 16.9 Å². The van der Waals surface area contributed by atoms with Crippen molar-refractivity contribution in [2.45, 2.75) is 40.5 Å². The quantitative estimate of drug-likeness (QED) is 0.750. The van der Waals surface area contributed by atoms with Gasteiger partial charge in [-0.3, -0.25) is 14.8 Å². The molecule has 0 unspecified atom stereocenters. The van der Waals surface area contributed by atoms with Gasteiger partial charge in [0, 0.05) is 11.6 Å². The zero-order valence-corrected chi connectivity index (χ0v) is 15.1. The van der Waals surface area contributed by atoms with E-state index in [4.69, 9.17) is 0 Å². The lowest BCUT2D eigenvalue weighted by Gasteiger charge is -2.13. The number of hydrogen-bond acceptors (Lipinski definition) is 3. The summed E-state index contributed by atoms with van der Waals surface area (Å²) in [5, 5.41) is 10.1. The van der Waals surface area contributed by atoms with Crippen molar-refractivity contribution in [3.05, 3.63) is 61.9 Å². The standard InChI is InChI=1S/C17H16N4O2.C2H6/c1-9(2)14-15(19-17(23)20-16(14)22)21-5-4-12-11(8-18)6-10(3)7-13(12)21;1-2/h4-7,9H,1-3H3,(H2,19,20,22,23);1-2H3. The maximum Gasteiger partial charge on any atom is 0.327 e. The number of H-pyrrole nitrogens is 2. The molecule has 0 bridgehead atoms. The molecule has 0 aliphatic rings. The number of fused-ring (bicyclic) bond motifs is 1. The number of rotatable bonds is 2. The predicted molar refractivity (Wildman–Crippen MR) is 99.4 cm³/mol. The van der Waals surface area contributed by atoms with Gasteiger partial charge in [-0.2, -0.15) is 5.26 Å². The fourth-order valence-corrected chi connectivity index (χ4v) is 2.88. The Bertz CT molecular complexity index is 1060. The first-order chi connectivity index (χ1) is 11.9. The van der Waals surface area contributed by atoms with Crippen molar-refractivity contribution in [3.8, 4) is 11.9 Å². The Hall–Kier alpha value is -3.07. The van der Waals surface area contributed by atoms with Crippen LogP contribution in [0.25, 0.3) is 16.7 Å². The Morgan fingerprint density at radius 3 is 2.44 bits per heavy atom. The van der Waals surface area contributed by atoms with Gasteiger partial charge in [-0.05, 0) is 36.6 Å². The number of aromatic amines is 2. The molecule has 0 spiro atoms. The van der Waals surface area contributed by atoms with Crippen molar-refractivity contribution >= 4 is 10.9 Å². The van der Waals surface area contributed by atoms with Crippen LogP contribution in [0.2, 0.25) is 0 Å². The average Bonchev–Trinajstić information content (AvgIpc) is 2.98. The number of aryl methyl sites for hydroxylation is 1. The third kappa shape index (κ3) is 3.26. The number of nitriles is 1. The Morgan fingerprint density at radius 1 is 1.16 bits per heavy atom. The van der Waals surface area contributed by atoms with Crippen LogP contribution in [0.15, 0.2) is 34.0 Å². The molecule has 1 aromatic carbocycles. The van der Waals surface area contributed by atoms with Gasteiger partial charge in [0.2, 0.25) is 0 Å². The molecule has 0 amide bonds. The van der Waals surface area contributed by atoms with E-state index in [1.54, 1.807) is 10.8 Å². The Kier molecular flexibility index (Phi) is 5.28. The molecule has 2 heterocycles. The molecule has 0 atom stereocenters. The van der Waals surface area contributed by atoms with Crippen LogP contribution in [0.1, 0.15) is 50.3 Å². The molecule has 130 valence electrons. The molecule has 0 aliphatic carbocycles. The van der Waals surface area contributed by atoms with Crippen LogP contribution in [0, 0.1) is 18.3 Å². The van der Waals surface area contributed by atoms with E-state index in [-0.39, 0.29) is 5.92 Å². The Labute approximate surface area is 145 Å². The van der Waals surface area contributed by atoms with Crippen molar-refractivity contribution in [2.75, 3.05) is 0 Å². The normalized spacial score (nSPS) is 10.4. The van der Waals surface area contributed by atoms with E-state index in [2.05, 4.69) is 16.0 Å². The van der Waals surface area contributed by atoms with Crippen LogP contribution in [0.5, 0.6) is 0 Å². The Morgan fingerprint density at radius 2 is 1.84 bits per heavy atom. The average molecular weight is 338 g/mol. The molecule has 6 heteroatoms. The summed E-state index contributed by atoms with van der Waals surface area (Å²) in [5.74, 6) is 0.376. The second-order valence-electron chi connectivity index (χ2n) is 5.87. The molecule has 3 rings (SSSR count). The minimum atomic E-state index is -0.551. The first kappa shape index (κ1) is 18.3. The third-order valence-electron chi connectivity index (χ3n) is 3.85. The summed E-state index contributed by atoms with van der Waals surface area (Å²) in [6, 6.07) is 7.75. The molecule has 0 saturated carbocycles. The minimum absolute atomic E-state index is 0.0664. The van der Waals surface area contributed by atoms with E-state index >= 15 is 0 Å². The number of hydrogen-bond donors (Lipinski definition) is 2. The largest absolute Gasteiger partial charge is 0.327 e. The summed E-state index contributed by atoms with van der Waals surface area (Å²) in [6.45, 7) is 9.69. The summed E-state index contributed by atoms with van der Waals surface area (Å²) in [6.07, 6.45) is 1.77. The topological polar surface area (TPSA) is 94.4 Å². The molecular formula is C19H22N4O2. The second kappa shape index (κ2) is 7.22. The zero-order valence-electron chi connectivity index (χ0n) is 15.1. The van der Waals surface area contributed by atoms with Crippen LogP contribution in [-0.4, -0.2) is 14.5 Å². The molecule has 2 N–H and O–H groups in total. The number of nitrogens with one attached hydrogen (secondary N) is 2. The summed E-state index contributed by atoms with van der Waals surface area (Å²) >= 11 is 0. The molecule has 0 saturated heterocycles. The lowest BCUT2D eigenvalue weighted by Crippen LogP contribution is -2.29. The summed E-state index contributed by atoms with van der Waals surface area (Å²) in [4.78, 5) is 28.9. The highest BCUT2D eigenvalue weighted by Gasteiger charge is 2.17. The highest BCUT2D eigenvalue weighted by Crippen LogP contribution is 2.26. The van der Waals surface area contributed by atoms with Gasteiger partial charge >= 0.3 is 5.69 Å². The molecule has 6 nitrogen and oxygen atoms in total. The van der Waals surface area contributed by atoms with Crippen molar-refractivity contribution in [1.29, 1.82) is 5.26 Å². The van der Waals surface area contributed by atoms with Gasteiger partial charge in [0.25, 0.3) is 5.56 Å². The molecule has 0 aliphatic heterocycles. The molecule has 25 heavy (non-hydrogen) atoms. The summed E-state index contributed by atoms with van der Waals surface area (Å²) < 4.78 is 1.76. The van der Waals surface area contributed by atoms with E-state index in [9.17, 15) is 14.9 Å². The number of aromatic nitrogens is 3. The van der Waals surface area contributed by atoms with Crippen LogP contribution >= 0.6 is 0 Å². The number of nitrogens with zero attached hydrogens (tertiary/aromatic N) is 2. The second-order valence-corrected chi connectivity index (χ2v) is 5.87. The molecule has 0 radical (unpaired) electrons.